The second-order valence-electron chi connectivity index (χ2n) is 28.6. The van der Waals surface area contributed by atoms with Gasteiger partial charge in [0.25, 0.3) is 0 Å². The van der Waals surface area contributed by atoms with Gasteiger partial charge in [-0.25, -0.2) is 19.9 Å². The van der Waals surface area contributed by atoms with E-state index < -0.39 is 0 Å². The van der Waals surface area contributed by atoms with Crippen molar-refractivity contribution in [1.82, 2.24) is 29.9 Å². The van der Waals surface area contributed by atoms with Crippen LogP contribution in [0.1, 0.15) is 77.6 Å². The molecule has 1 fully saturated rings. The van der Waals surface area contributed by atoms with E-state index in [0.717, 1.165) is 88.3 Å². The number of rotatable bonds is 8. The van der Waals surface area contributed by atoms with Crippen LogP contribution in [0, 0.1) is 0 Å². The highest BCUT2D eigenvalue weighted by Crippen LogP contribution is 2.53. The number of fused-ring (bicyclic) bond motifs is 12. The van der Waals surface area contributed by atoms with E-state index in [0.29, 0.717) is 29.1 Å². The standard InChI is InChI=1S/C42H29N3O.C27H27BO3.C21H14ClN3/c1-42(2)35-16-10-9-15-31(35)32-24-34-33-23-30(21-22-37(33)46-38(34)25-36(32)42)41-44-39(28-13-7-4-8-14-28)43-40(45-41)29-19-17-27(18-20-29)26-11-5-3-6-12-26;1-25(2)21-10-8-7-9-17(21)18-14-20-19-13-16(28-30-26(3,4)27(5,6)31-28)11-12-23(19)29-24(20)15-22(18)25;22-21-24-19(17-9-5-2-6-10-17)23-20(25-21)18-13-11-16(12-14-18)15-7-3-1-4-8-15/h3-25H,1-2H3;7-15H,1-6H3;1-14H. The van der Waals surface area contributed by atoms with Gasteiger partial charge in [0.15, 0.2) is 29.1 Å². The van der Waals surface area contributed by atoms with Crippen LogP contribution in [-0.2, 0) is 20.1 Å². The zero-order chi connectivity index (χ0) is 69.7. The van der Waals surface area contributed by atoms with Gasteiger partial charge in [-0.1, -0.05) is 258 Å². The highest BCUT2D eigenvalue weighted by Gasteiger charge is 2.52. The Morgan fingerprint density at radius 2 is 0.578 bits per heavy atom. The molecule has 10 nitrogen and oxygen atoms in total. The Kier molecular flexibility index (Phi) is 15.7. The van der Waals surface area contributed by atoms with Crippen molar-refractivity contribution >= 4 is 68.1 Å². The Labute approximate surface area is 597 Å². The highest BCUT2D eigenvalue weighted by atomic mass is 35.5. The van der Waals surface area contributed by atoms with Crippen LogP contribution < -0.4 is 5.46 Å². The second kappa shape index (κ2) is 25.0. The van der Waals surface area contributed by atoms with Crippen molar-refractivity contribution < 1.29 is 18.1 Å². The fourth-order valence-corrected chi connectivity index (χ4v) is 14.8. The second-order valence-corrected chi connectivity index (χ2v) is 28.9. The van der Waals surface area contributed by atoms with Crippen LogP contribution >= 0.6 is 11.6 Å². The summed E-state index contributed by atoms with van der Waals surface area (Å²) in [7, 11) is -0.381. The van der Waals surface area contributed by atoms with E-state index in [9.17, 15) is 0 Å². The summed E-state index contributed by atoms with van der Waals surface area (Å²) in [6, 6.07) is 96.0. The van der Waals surface area contributed by atoms with Crippen molar-refractivity contribution in [2.45, 2.75) is 77.4 Å². The van der Waals surface area contributed by atoms with Crippen molar-refractivity contribution in [2.75, 3.05) is 0 Å². The normalized spacial score (nSPS) is 14.7. The third-order valence-electron chi connectivity index (χ3n) is 21.0. The minimum atomic E-state index is -0.381. The van der Waals surface area contributed by atoms with E-state index in [1.54, 1.807) is 0 Å². The minimum Gasteiger partial charge on any atom is -0.456 e. The van der Waals surface area contributed by atoms with Crippen LogP contribution in [0.15, 0.2) is 288 Å². The molecule has 1 saturated heterocycles. The summed E-state index contributed by atoms with van der Waals surface area (Å²) in [5, 5.41) is 4.58. The molecule has 5 heterocycles. The maximum atomic E-state index is 6.44. The largest absolute Gasteiger partial charge is 0.494 e. The fourth-order valence-electron chi connectivity index (χ4n) is 14.7. The van der Waals surface area contributed by atoms with Crippen molar-refractivity contribution in [3.63, 3.8) is 0 Å². The number of benzene rings is 12. The minimum absolute atomic E-state index is 0.0348. The average molecular weight is 1350 g/mol. The predicted octanol–water partition coefficient (Wildman–Crippen LogP) is 22.5. The molecule has 0 atom stereocenters. The van der Waals surface area contributed by atoms with Gasteiger partial charge < -0.3 is 18.1 Å². The number of halogens is 1. The van der Waals surface area contributed by atoms with E-state index in [1.807, 2.05) is 115 Å². The van der Waals surface area contributed by atoms with E-state index in [-0.39, 0.29) is 34.4 Å². The number of hydrogen-bond donors (Lipinski definition) is 0. The van der Waals surface area contributed by atoms with Gasteiger partial charge in [-0.2, -0.15) is 9.97 Å². The molecule has 12 heteroatoms. The molecule has 0 radical (unpaired) electrons. The van der Waals surface area contributed by atoms with Crippen LogP contribution in [0.4, 0.5) is 0 Å². The summed E-state index contributed by atoms with van der Waals surface area (Å²) in [6.45, 7) is 17.5. The van der Waals surface area contributed by atoms with Gasteiger partial charge in [-0.15, -0.1) is 0 Å². The monoisotopic (exact) mass is 1340 g/mol. The summed E-state index contributed by atoms with van der Waals surface area (Å²) in [5.74, 6) is 3.04. The summed E-state index contributed by atoms with van der Waals surface area (Å²) >= 11 is 6.11. The van der Waals surface area contributed by atoms with Gasteiger partial charge in [0, 0.05) is 60.2 Å². The maximum Gasteiger partial charge on any atom is 0.494 e. The molecule has 16 aromatic rings. The predicted molar refractivity (Wildman–Crippen MR) is 415 cm³/mol. The first-order valence-corrected chi connectivity index (χ1v) is 35.0. The molecule has 1 aliphatic heterocycles. The Balaban J connectivity index is 0.000000120. The molecule has 0 spiro atoms. The smallest absolute Gasteiger partial charge is 0.456 e. The zero-order valence-electron chi connectivity index (χ0n) is 57.8. The average Bonchev–Trinajstić information content (AvgIpc) is 1.57. The first-order valence-electron chi connectivity index (χ1n) is 34.6. The Hall–Kier alpha value is -11.5. The van der Waals surface area contributed by atoms with Crippen molar-refractivity contribution in [1.29, 1.82) is 0 Å². The molecule has 102 heavy (non-hydrogen) atoms. The maximum absolute atomic E-state index is 6.44. The molecule has 12 aromatic carbocycles. The lowest BCUT2D eigenvalue weighted by Gasteiger charge is -2.32. The lowest BCUT2D eigenvalue weighted by molar-refractivity contribution is 0.00578. The molecule has 4 aromatic heterocycles. The number of hydrogen-bond acceptors (Lipinski definition) is 10. The summed E-state index contributed by atoms with van der Waals surface area (Å²) in [4.78, 5) is 28.0. The third kappa shape index (κ3) is 11.4. The van der Waals surface area contributed by atoms with Gasteiger partial charge in [0.1, 0.15) is 22.3 Å². The molecule has 0 bridgehead atoms. The van der Waals surface area contributed by atoms with Crippen molar-refractivity contribution in [3.05, 3.63) is 307 Å². The molecule has 2 aliphatic carbocycles. The number of furan rings is 2. The van der Waals surface area contributed by atoms with Gasteiger partial charge >= 0.3 is 7.12 Å². The summed E-state index contributed by atoms with van der Waals surface area (Å²) in [6.07, 6.45) is 0. The quantitative estimate of drug-likeness (QED) is 0.136. The topological polar surface area (TPSA) is 122 Å². The molecule has 0 N–H and O–H groups in total. The fraction of sp³-hybridized carbons (Fsp3) is 0.133. The van der Waals surface area contributed by atoms with Crippen LogP contribution in [0.2, 0.25) is 5.28 Å². The van der Waals surface area contributed by atoms with E-state index in [2.05, 4.69) is 234 Å². The molecule has 3 aliphatic rings. The molecule has 0 unspecified atom stereocenters. The summed E-state index contributed by atoms with van der Waals surface area (Å²) < 4.78 is 25.3. The van der Waals surface area contributed by atoms with E-state index in [1.165, 1.54) is 55.6 Å². The molecule has 0 saturated carbocycles. The number of nitrogens with zero attached hydrogens (tertiary/aromatic N) is 6. The van der Waals surface area contributed by atoms with Gasteiger partial charge in [0.05, 0.1) is 11.2 Å². The first kappa shape index (κ1) is 63.9. The summed E-state index contributed by atoms with van der Waals surface area (Å²) in [5.41, 5.74) is 23.6. The Morgan fingerprint density at radius 3 is 1.01 bits per heavy atom. The third-order valence-corrected chi connectivity index (χ3v) is 21.1. The van der Waals surface area contributed by atoms with Gasteiger partial charge in [-0.05, 0) is 160 Å². The van der Waals surface area contributed by atoms with Crippen molar-refractivity contribution in [2.24, 2.45) is 0 Å². The molecule has 19 rings (SSSR count). The van der Waals surface area contributed by atoms with Crippen molar-refractivity contribution in [3.8, 4) is 101 Å². The SMILES string of the molecule is CC1(C)c2ccccc2-c2cc3c(cc21)oc1ccc(-c2nc(-c4ccccc4)nc(-c4ccc(-c5ccccc5)cc4)n2)cc13.CC1(C)c2ccccc2-c2cc3c(cc21)oc1ccc(B2OC(C)(C)C(C)(C)O2)cc13.Clc1nc(-c2ccccc2)nc(-c2ccc(-c3ccccc3)cc2)n1. The van der Waals surface area contributed by atoms with Crippen LogP contribution in [-0.4, -0.2) is 48.2 Å². The van der Waals surface area contributed by atoms with Gasteiger partial charge in [0.2, 0.25) is 5.28 Å². The molecular formula is C90H70BClN6O4. The molecular weight excluding hydrogens is 1280 g/mol. The van der Waals surface area contributed by atoms with Crippen LogP contribution in [0.5, 0.6) is 0 Å². The lowest BCUT2D eigenvalue weighted by Crippen LogP contribution is -2.41. The zero-order valence-corrected chi connectivity index (χ0v) is 58.6. The lowest BCUT2D eigenvalue weighted by atomic mass is 9.78. The Morgan fingerprint density at radius 1 is 0.265 bits per heavy atom. The first-order chi connectivity index (χ1) is 49.4. The van der Waals surface area contributed by atoms with Crippen LogP contribution in [0.3, 0.4) is 0 Å². The number of aromatic nitrogens is 6. The molecule has 0 amide bonds. The van der Waals surface area contributed by atoms with Gasteiger partial charge in [-0.3, -0.25) is 0 Å². The van der Waals surface area contributed by atoms with Crippen LogP contribution in [0.25, 0.3) is 145 Å². The van der Waals surface area contributed by atoms with E-state index >= 15 is 0 Å². The Bertz CT molecular complexity index is 5890. The highest BCUT2D eigenvalue weighted by molar-refractivity contribution is 6.62. The molecule has 494 valence electrons. The van der Waals surface area contributed by atoms with E-state index in [4.69, 9.17) is 44.7 Å².